The third-order valence-electron chi connectivity index (χ3n) is 7.49. The minimum Gasteiger partial charge on any atom is -0.263 e. The summed E-state index contributed by atoms with van der Waals surface area (Å²) < 4.78 is 2.17. The molecule has 2 atom stereocenters. The van der Waals surface area contributed by atoms with Gasteiger partial charge >= 0.3 is 0 Å². The highest BCUT2D eigenvalue weighted by Crippen LogP contribution is 2.35. The lowest BCUT2D eigenvalue weighted by molar-refractivity contribution is 0.371. The van der Waals surface area contributed by atoms with Crippen LogP contribution in [0.2, 0.25) is 0 Å². The lowest BCUT2D eigenvalue weighted by Crippen LogP contribution is -2.11. The highest BCUT2D eigenvalue weighted by molar-refractivity contribution is 5.90. The van der Waals surface area contributed by atoms with Gasteiger partial charge in [0.25, 0.3) is 0 Å². The molecular formula is C30H32N4. The van der Waals surface area contributed by atoms with Gasteiger partial charge in [-0.05, 0) is 55.4 Å². The van der Waals surface area contributed by atoms with E-state index in [2.05, 4.69) is 54.9 Å². The first-order chi connectivity index (χ1) is 16.6. The van der Waals surface area contributed by atoms with Crippen LogP contribution in [0.1, 0.15) is 56.6 Å². The minimum atomic E-state index is 0.665. The molecule has 2 heterocycles. The monoisotopic (exact) mass is 448 g/mol. The van der Waals surface area contributed by atoms with E-state index in [1.807, 2.05) is 30.5 Å². The summed E-state index contributed by atoms with van der Waals surface area (Å²) in [7, 11) is 0. The molecule has 1 fully saturated rings. The molecule has 34 heavy (non-hydrogen) atoms. The van der Waals surface area contributed by atoms with Crippen LogP contribution in [0, 0.1) is 30.1 Å². The standard InChI is InChI=1S/C30H32N4/c1-3-22-5-4-6-24(10-9-22)20-34-29-17-27(25-15-11-23(18-31)12-16-25)30(33-28(29)19-32-34)26-13-7-21(2)8-14-26/h7-8,11-17,19,22,24H,3-6,9-10,20H2,1-2H3. The van der Waals surface area contributed by atoms with Crippen molar-refractivity contribution in [3.05, 3.63) is 71.9 Å². The molecule has 2 aromatic carbocycles. The highest BCUT2D eigenvalue weighted by atomic mass is 15.3. The van der Waals surface area contributed by atoms with Gasteiger partial charge in [-0.15, -0.1) is 0 Å². The van der Waals surface area contributed by atoms with Gasteiger partial charge < -0.3 is 0 Å². The van der Waals surface area contributed by atoms with E-state index in [4.69, 9.17) is 10.1 Å². The predicted molar refractivity (Wildman–Crippen MR) is 138 cm³/mol. The Balaban J connectivity index is 1.56. The second-order valence-corrected chi connectivity index (χ2v) is 9.82. The minimum absolute atomic E-state index is 0.665. The van der Waals surface area contributed by atoms with Crippen LogP contribution in [0.5, 0.6) is 0 Å². The number of pyridine rings is 1. The molecular weight excluding hydrogens is 416 g/mol. The molecule has 0 radical (unpaired) electrons. The van der Waals surface area contributed by atoms with E-state index < -0.39 is 0 Å². The van der Waals surface area contributed by atoms with E-state index in [-0.39, 0.29) is 0 Å². The van der Waals surface area contributed by atoms with Crippen molar-refractivity contribution in [2.45, 2.75) is 58.9 Å². The smallest absolute Gasteiger partial charge is 0.109 e. The maximum Gasteiger partial charge on any atom is 0.109 e. The van der Waals surface area contributed by atoms with E-state index in [1.165, 1.54) is 44.1 Å². The van der Waals surface area contributed by atoms with E-state index >= 15 is 0 Å². The predicted octanol–water partition coefficient (Wildman–Crippen LogP) is 7.55. The molecule has 4 heteroatoms. The molecule has 0 saturated heterocycles. The van der Waals surface area contributed by atoms with Crippen LogP contribution in [0.4, 0.5) is 0 Å². The molecule has 0 bridgehead atoms. The zero-order valence-corrected chi connectivity index (χ0v) is 20.2. The summed E-state index contributed by atoms with van der Waals surface area (Å²) in [5, 5.41) is 14.0. The molecule has 0 amide bonds. The van der Waals surface area contributed by atoms with E-state index in [0.717, 1.165) is 45.9 Å². The van der Waals surface area contributed by atoms with Crippen molar-refractivity contribution in [3.8, 4) is 28.5 Å². The summed E-state index contributed by atoms with van der Waals surface area (Å²) >= 11 is 0. The normalized spacial score (nSPS) is 18.5. The van der Waals surface area contributed by atoms with Crippen molar-refractivity contribution in [2.24, 2.45) is 11.8 Å². The average Bonchev–Trinajstić information content (AvgIpc) is 3.11. The Labute approximate surface area is 202 Å². The van der Waals surface area contributed by atoms with Crippen LogP contribution in [0.3, 0.4) is 0 Å². The summed E-state index contributed by atoms with van der Waals surface area (Å²) in [6, 6.07) is 20.8. The fourth-order valence-corrected chi connectivity index (χ4v) is 5.32. The van der Waals surface area contributed by atoms with Crippen molar-refractivity contribution in [3.63, 3.8) is 0 Å². The van der Waals surface area contributed by atoms with Crippen molar-refractivity contribution in [1.82, 2.24) is 14.8 Å². The number of benzene rings is 2. The summed E-state index contributed by atoms with van der Waals surface area (Å²) in [5.74, 6) is 1.57. The molecule has 2 unspecified atom stereocenters. The van der Waals surface area contributed by atoms with Crippen LogP contribution in [0.25, 0.3) is 33.4 Å². The number of hydrogen-bond acceptors (Lipinski definition) is 3. The number of nitriles is 1. The molecule has 4 nitrogen and oxygen atoms in total. The number of hydrogen-bond donors (Lipinski definition) is 0. The van der Waals surface area contributed by atoms with Gasteiger partial charge in [-0.25, -0.2) is 4.98 Å². The van der Waals surface area contributed by atoms with Crippen molar-refractivity contribution in [2.75, 3.05) is 0 Å². The Morgan fingerprint density at radius 2 is 1.65 bits per heavy atom. The zero-order chi connectivity index (χ0) is 23.5. The quantitative estimate of drug-likeness (QED) is 0.296. The molecule has 0 N–H and O–H groups in total. The largest absolute Gasteiger partial charge is 0.263 e. The van der Waals surface area contributed by atoms with Gasteiger partial charge in [-0.1, -0.05) is 74.6 Å². The maximum atomic E-state index is 9.24. The van der Waals surface area contributed by atoms with E-state index in [9.17, 15) is 5.26 Å². The number of aromatic nitrogens is 3. The van der Waals surface area contributed by atoms with Crippen LogP contribution < -0.4 is 0 Å². The number of nitrogens with zero attached hydrogens (tertiary/aromatic N) is 4. The Hall–Kier alpha value is -3.45. The number of aryl methyl sites for hydroxylation is 1. The van der Waals surface area contributed by atoms with Crippen molar-refractivity contribution >= 4 is 11.0 Å². The second-order valence-electron chi connectivity index (χ2n) is 9.82. The fraction of sp³-hybridized carbons (Fsp3) is 0.367. The van der Waals surface area contributed by atoms with Gasteiger partial charge in [0.15, 0.2) is 0 Å². The molecule has 0 spiro atoms. The van der Waals surface area contributed by atoms with Crippen LogP contribution in [-0.4, -0.2) is 14.8 Å². The van der Waals surface area contributed by atoms with E-state index in [0.29, 0.717) is 11.5 Å². The van der Waals surface area contributed by atoms with Crippen LogP contribution in [-0.2, 0) is 6.54 Å². The first kappa shape index (κ1) is 22.3. The van der Waals surface area contributed by atoms with Gasteiger partial charge in [-0.2, -0.15) is 10.4 Å². The van der Waals surface area contributed by atoms with Gasteiger partial charge in [0.2, 0.25) is 0 Å². The van der Waals surface area contributed by atoms with Gasteiger partial charge in [-0.3, -0.25) is 4.68 Å². The van der Waals surface area contributed by atoms with Crippen LogP contribution in [0.15, 0.2) is 60.8 Å². The molecule has 1 aliphatic rings. The molecule has 2 aromatic heterocycles. The van der Waals surface area contributed by atoms with Gasteiger partial charge in [0, 0.05) is 17.7 Å². The number of rotatable bonds is 5. The summed E-state index contributed by atoms with van der Waals surface area (Å²) in [5.41, 5.74) is 8.11. The van der Waals surface area contributed by atoms with Gasteiger partial charge in [0.05, 0.1) is 29.0 Å². The summed E-state index contributed by atoms with van der Waals surface area (Å²) in [6.07, 6.45) is 9.84. The zero-order valence-electron chi connectivity index (χ0n) is 20.2. The first-order valence-electron chi connectivity index (χ1n) is 12.6. The Kier molecular flexibility index (Phi) is 6.45. The van der Waals surface area contributed by atoms with Crippen LogP contribution >= 0.6 is 0 Å². The molecule has 5 rings (SSSR count). The molecule has 172 valence electrons. The summed E-state index contributed by atoms with van der Waals surface area (Å²) in [4.78, 5) is 5.10. The number of fused-ring (bicyclic) bond motifs is 1. The SMILES string of the molecule is CCC1CCCC(Cn2ncc3nc(-c4ccc(C)cc4)c(-c4ccc(C#N)cc4)cc32)CC1. The second kappa shape index (κ2) is 9.81. The third kappa shape index (κ3) is 4.61. The van der Waals surface area contributed by atoms with E-state index in [1.54, 1.807) is 0 Å². The average molecular weight is 449 g/mol. The fourth-order valence-electron chi connectivity index (χ4n) is 5.32. The topological polar surface area (TPSA) is 54.5 Å². The Morgan fingerprint density at radius 3 is 2.38 bits per heavy atom. The lowest BCUT2D eigenvalue weighted by Gasteiger charge is -2.16. The lowest BCUT2D eigenvalue weighted by atomic mass is 9.96. The van der Waals surface area contributed by atoms with Gasteiger partial charge in [0.1, 0.15) is 5.52 Å². The maximum absolute atomic E-state index is 9.24. The summed E-state index contributed by atoms with van der Waals surface area (Å²) in [6.45, 7) is 5.38. The third-order valence-corrected chi connectivity index (χ3v) is 7.49. The molecule has 1 aliphatic carbocycles. The molecule has 0 aliphatic heterocycles. The van der Waals surface area contributed by atoms with Crippen molar-refractivity contribution in [1.29, 1.82) is 5.26 Å². The first-order valence-corrected chi connectivity index (χ1v) is 12.6. The molecule has 1 saturated carbocycles. The Bertz CT molecular complexity index is 1310. The highest BCUT2D eigenvalue weighted by Gasteiger charge is 2.20. The molecule has 4 aromatic rings. The Morgan fingerprint density at radius 1 is 0.941 bits per heavy atom. The van der Waals surface area contributed by atoms with Crippen molar-refractivity contribution < 1.29 is 0 Å².